The summed E-state index contributed by atoms with van der Waals surface area (Å²) in [7, 11) is 1.72. The van der Waals surface area contributed by atoms with Crippen LogP contribution in [-0.2, 0) is 20.1 Å². The molecule has 2 heterocycles. The van der Waals surface area contributed by atoms with Crippen molar-refractivity contribution in [1.29, 1.82) is 0 Å². The fraction of sp³-hybridized carbons (Fsp3) is 0.286. The van der Waals surface area contributed by atoms with Crippen molar-refractivity contribution in [2.24, 2.45) is 7.05 Å². The van der Waals surface area contributed by atoms with Crippen molar-refractivity contribution in [3.63, 3.8) is 0 Å². The molecule has 1 aromatic carbocycles. The number of fused-ring (bicyclic) bond motifs is 1. The van der Waals surface area contributed by atoms with Gasteiger partial charge in [0.15, 0.2) is 11.5 Å². The molecule has 0 atom stereocenters. The zero-order chi connectivity index (χ0) is 14.8. The van der Waals surface area contributed by atoms with Crippen LogP contribution >= 0.6 is 0 Å². The summed E-state index contributed by atoms with van der Waals surface area (Å²) in [6, 6.07) is 5.70. The highest BCUT2D eigenvalue weighted by Gasteiger charge is 2.18. The molecule has 0 spiro atoms. The SMILES string of the molecule is Cn1ncc(C(=O)O)c1CNCc1cccc2c1OCO2. The largest absolute Gasteiger partial charge is 0.478 e. The number of aromatic nitrogens is 2. The second kappa shape index (κ2) is 5.45. The second-order valence-electron chi connectivity index (χ2n) is 4.69. The third-order valence-corrected chi connectivity index (χ3v) is 3.38. The topological polar surface area (TPSA) is 85.6 Å². The van der Waals surface area contributed by atoms with Crippen molar-refractivity contribution < 1.29 is 19.4 Å². The summed E-state index contributed by atoms with van der Waals surface area (Å²) in [5, 5.41) is 16.3. The van der Waals surface area contributed by atoms with E-state index in [1.165, 1.54) is 6.20 Å². The van der Waals surface area contributed by atoms with Gasteiger partial charge in [0.05, 0.1) is 11.9 Å². The highest BCUT2D eigenvalue weighted by Crippen LogP contribution is 2.35. The Morgan fingerprint density at radius 3 is 3.10 bits per heavy atom. The second-order valence-corrected chi connectivity index (χ2v) is 4.69. The van der Waals surface area contributed by atoms with Crippen molar-refractivity contribution in [2.45, 2.75) is 13.1 Å². The summed E-state index contributed by atoms with van der Waals surface area (Å²) in [6.45, 7) is 1.19. The molecule has 0 aliphatic carbocycles. The molecule has 2 aromatic rings. The molecule has 0 amide bonds. The maximum absolute atomic E-state index is 11.1. The van der Waals surface area contributed by atoms with Crippen molar-refractivity contribution in [1.82, 2.24) is 15.1 Å². The predicted octanol–water partition coefficient (Wildman–Crippen LogP) is 1.14. The van der Waals surface area contributed by atoms with Crippen LogP contribution in [0.25, 0.3) is 0 Å². The molecule has 2 N–H and O–H groups in total. The van der Waals surface area contributed by atoms with Crippen LogP contribution in [0.15, 0.2) is 24.4 Å². The molecular weight excluding hydrogens is 274 g/mol. The van der Waals surface area contributed by atoms with E-state index in [2.05, 4.69) is 10.4 Å². The first-order valence-electron chi connectivity index (χ1n) is 6.49. The van der Waals surface area contributed by atoms with Gasteiger partial charge < -0.3 is 19.9 Å². The van der Waals surface area contributed by atoms with Gasteiger partial charge in [-0.15, -0.1) is 0 Å². The number of rotatable bonds is 5. The number of nitrogens with one attached hydrogen (secondary N) is 1. The fourth-order valence-corrected chi connectivity index (χ4v) is 2.30. The van der Waals surface area contributed by atoms with Crippen molar-refractivity contribution in [2.75, 3.05) is 6.79 Å². The average Bonchev–Trinajstić information content (AvgIpc) is 3.06. The Morgan fingerprint density at radius 1 is 1.43 bits per heavy atom. The minimum absolute atomic E-state index is 0.211. The summed E-state index contributed by atoms with van der Waals surface area (Å²) >= 11 is 0. The molecular formula is C14H15N3O4. The van der Waals surface area contributed by atoms with Gasteiger partial charge in [0, 0.05) is 25.7 Å². The number of carboxylic acids is 1. The number of hydrogen-bond acceptors (Lipinski definition) is 5. The van der Waals surface area contributed by atoms with E-state index >= 15 is 0 Å². The number of para-hydroxylation sites is 1. The van der Waals surface area contributed by atoms with Crippen LogP contribution in [0.1, 0.15) is 21.6 Å². The first-order valence-corrected chi connectivity index (χ1v) is 6.49. The molecule has 3 rings (SSSR count). The van der Waals surface area contributed by atoms with E-state index in [1.54, 1.807) is 11.7 Å². The Bertz CT molecular complexity index is 681. The zero-order valence-electron chi connectivity index (χ0n) is 11.5. The molecule has 110 valence electrons. The first-order chi connectivity index (χ1) is 10.2. The van der Waals surface area contributed by atoms with E-state index < -0.39 is 5.97 Å². The standard InChI is InChI=1S/C14H15N3O4/c1-17-11(10(6-16-17)14(18)19)7-15-5-9-3-2-4-12-13(9)21-8-20-12/h2-4,6,15H,5,7-8H2,1H3,(H,18,19). The minimum atomic E-state index is -0.975. The Labute approximate surface area is 121 Å². The maximum Gasteiger partial charge on any atom is 0.339 e. The number of carboxylic acid groups (broad SMARTS) is 1. The zero-order valence-corrected chi connectivity index (χ0v) is 11.5. The quantitative estimate of drug-likeness (QED) is 0.858. The third-order valence-electron chi connectivity index (χ3n) is 3.38. The Kier molecular flexibility index (Phi) is 3.49. The Morgan fingerprint density at radius 2 is 2.29 bits per heavy atom. The maximum atomic E-state index is 11.1. The molecule has 7 nitrogen and oxygen atoms in total. The first kappa shape index (κ1) is 13.4. The lowest BCUT2D eigenvalue weighted by atomic mass is 10.2. The molecule has 0 radical (unpaired) electrons. The summed E-state index contributed by atoms with van der Waals surface area (Å²) in [5.41, 5.74) is 1.82. The molecule has 21 heavy (non-hydrogen) atoms. The minimum Gasteiger partial charge on any atom is -0.478 e. The lowest BCUT2D eigenvalue weighted by molar-refractivity contribution is 0.0695. The van der Waals surface area contributed by atoms with Gasteiger partial charge in [-0.1, -0.05) is 12.1 Å². The van der Waals surface area contributed by atoms with Crippen LogP contribution in [0.4, 0.5) is 0 Å². The van der Waals surface area contributed by atoms with E-state index in [4.69, 9.17) is 14.6 Å². The summed E-state index contributed by atoms with van der Waals surface area (Å²) < 4.78 is 12.3. The average molecular weight is 289 g/mol. The van der Waals surface area contributed by atoms with Crippen LogP contribution in [-0.4, -0.2) is 27.6 Å². The van der Waals surface area contributed by atoms with Gasteiger partial charge in [0.2, 0.25) is 6.79 Å². The van der Waals surface area contributed by atoms with E-state index in [0.717, 1.165) is 17.1 Å². The van der Waals surface area contributed by atoms with Crippen LogP contribution in [0.3, 0.4) is 0 Å². The summed E-state index contributed by atoms with van der Waals surface area (Å²) in [6.07, 6.45) is 1.36. The van der Waals surface area contributed by atoms with Gasteiger partial charge >= 0.3 is 5.97 Å². The number of aryl methyl sites for hydroxylation is 1. The van der Waals surface area contributed by atoms with Gasteiger partial charge in [-0.2, -0.15) is 5.10 Å². The number of benzene rings is 1. The molecule has 0 saturated carbocycles. The molecule has 7 heteroatoms. The fourth-order valence-electron chi connectivity index (χ4n) is 2.30. The lowest BCUT2D eigenvalue weighted by Gasteiger charge is -2.08. The van der Waals surface area contributed by atoms with Gasteiger partial charge in [-0.05, 0) is 6.07 Å². The molecule has 0 saturated heterocycles. The van der Waals surface area contributed by atoms with Crippen LogP contribution in [0, 0.1) is 0 Å². The van der Waals surface area contributed by atoms with Crippen LogP contribution < -0.4 is 14.8 Å². The normalized spacial score (nSPS) is 12.6. The monoisotopic (exact) mass is 289 g/mol. The van der Waals surface area contributed by atoms with Crippen molar-refractivity contribution in [3.8, 4) is 11.5 Å². The highest BCUT2D eigenvalue weighted by molar-refractivity contribution is 5.88. The van der Waals surface area contributed by atoms with E-state index in [-0.39, 0.29) is 12.4 Å². The van der Waals surface area contributed by atoms with E-state index in [9.17, 15) is 4.79 Å². The molecule has 0 bridgehead atoms. The van der Waals surface area contributed by atoms with Crippen molar-refractivity contribution in [3.05, 3.63) is 41.2 Å². The van der Waals surface area contributed by atoms with Crippen LogP contribution in [0.5, 0.6) is 11.5 Å². The smallest absolute Gasteiger partial charge is 0.339 e. The van der Waals surface area contributed by atoms with Crippen LogP contribution in [0.2, 0.25) is 0 Å². The van der Waals surface area contributed by atoms with Gasteiger partial charge in [0.25, 0.3) is 0 Å². The molecule has 1 aliphatic rings. The van der Waals surface area contributed by atoms with Gasteiger partial charge in [-0.25, -0.2) is 4.79 Å². The van der Waals surface area contributed by atoms with E-state index in [1.807, 2.05) is 18.2 Å². The number of hydrogen-bond donors (Lipinski definition) is 2. The number of aromatic carboxylic acids is 1. The molecule has 0 unspecified atom stereocenters. The Balaban J connectivity index is 1.69. The molecule has 1 aromatic heterocycles. The van der Waals surface area contributed by atoms with Gasteiger partial charge in [-0.3, -0.25) is 4.68 Å². The van der Waals surface area contributed by atoms with Crippen molar-refractivity contribution >= 4 is 5.97 Å². The van der Waals surface area contributed by atoms with E-state index in [0.29, 0.717) is 18.8 Å². The third kappa shape index (κ3) is 2.55. The van der Waals surface area contributed by atoms with Gasteiger partial charge in [0.1, 0.15) is 5.56 Å². The Hall–Kier alpha value is -2.54. The summed E-state index contributed by atoms with van der Waals surface area (Å²) in [4.78, 5) is 11.1. The number of ether oxygens (including phenoxy) is 2. The molecule has 0 fully saturated rings. The predicted molar refractivity (Wildman–Crippen MR) is 73.3 cm³/mol. The lowest BCUT2D eigenvalue weighted by Crippen LogP contribution is -2.17. The number of nitrogens with zero attached hydrogens (tertiary/aromatic N) is 2. The molecule has 1 aliphatic heterocycles. The number of carbonyl (C=O) groups is 1. The highest BCUT2D eigenvalue weighted by atomic mass is 16.7. The summed E-state index contributed by atoms with van der Waals surface area (Å²) in [5.74, 6) is 0.506.